The van der Waals surface area contributed by atoms with E-state index in [4.69, 9.17) is 0 Å². The average molecular weight is 457 g/mol. The van der Waals surface area contributed by atoms with Gasteiger partial charge in [-0.15, -0.1) is 0 Å². The number of hydrogen-bond acceptors (Lipinski definition) is 1. The highest BCUT2D eigenvalue weighted by Gasteiger charge is 2.02. The first-order valence-electron chi connectivity index (χ1n) is 6.30. The molecule has 2 rings (SSSR count). The van der Waals surface area contributed by atoms with Crippen LogP contribution in [0.15, 0.2) is 53.1 Å². The van der Waals surface area contributed by atoms with Gasteiger partial charge in [0.25, 0.3) is 0 Å². The van der Waals surface area contributed by atoms with Crippen LogP contribution in [0.3, 0.4) is 0 Å². The van der Waals surface area contributed by atoms with Crippen LogP contribution in [-0.2, 0) is 0 Å². The topological polar surface area (TPSA) is 41.1 Å². The molecule has 0 radical (unpaired) electrons. The number of nitrogens with one attached hydrogen (secondary N) is 2. The monoisotopic (exact) mass is 456 g/mol. The summed E-state index contributed by atoms with van der Waals surface area (Å²) < 4.78 is 2.15. The highest BCUT2D eigenvalue weighted by Crippen LogP contribution is 2.17. The molecule has 0 bridgehead atoms. The molecule has 2 aromatic carbocycles. The van der Waals surface area contributed by atoms with E-state index in [1.165, 1.54) is 0 Å². The molecular formula is C16H14BrIN2O. The van der Waals surface area contributed by atoms with Crippen molar-refractivity contribution in [2.75, 3.05) is 5.32 Å². The van der Waals surface area contributed by atoms with E-state index in [9.17, 15) is 4.79 Å². The second-order valence-corrected chi connectivity index (χ2v) is 6.61. The molecule has 0 aliphatic heterocycles. The molecule has 3 nitrogen and oxygen atoms in total. The number of halogens is 2. The summed E-state index contributed by atoms with van der Waals surface area (Å²) in [6, 6.07) is 13.5. The third-order valence-electron chi connectivity index (χ3n) is 2.78. The predicted molar refractivity (Wildman–Crippen MR) is 99.2 cm³/mol. The fourth-order valence-electron chi connectivity index (χ4n) is 1.75. The molecule has 0 aliphatic carbocycles. The Morgan fingerprint density at radius 2 is 2.05 bits per heavy atom. The first-order valence-corrected chi connectivity index (χ1v) is 8.17. The first kappa shape index (κ1) is 16.0. The van der Waals surface area contributed by atoms with Gasteiger partial charge in [0.15, 0.2) is 0 Å². The van der Waals surface area contributed by atoms with E-state index in [0.717, 1.165) is 24.9 Å². The standard InChI is InChI=1S/C16H14BrIN2O/c1-11-9-14(18)5-6-15(11)20-16(21)19-8-7-12-3-2-4-13(17)10-12/h2-10H,1H3,(H2,19,20,21)/b8-7+. The van der Waals surface area contributed by atoms with Gasteiger partial charge in [0, 0.05) is 19.9 Å². The lowest BCUT2D eigenvalue weighted by Gasteiger charge is -2.08. The molecule has 21 heavy (non-hydrogen) atoms. The van der Waals surface area contributed by atoms with Crippen molar-refractivity contribution in [3.63, 3.8) is 0 Å². The second kappa shape index (κ2) is 7.61. The van der Waals surface area contributed by atoms with Gasteiger partial charge in [-0.1, -0.05) is 28.1 Å². The van der Waals surface area contributed by atoms with Crippen LogP contribution in [0.4, 0.5) is 10.5 Å². The maximum Gasteiger partial charge on any atom is 0.323 e. The van der Waals surface area contributed by atoms with Crippen LogP contribution >= 0.6 is 38.5 Å². The minimum atomic E-state index is -0.259. The van der Waals surface area contributed by atoms with Crippen LogP contribution < -0.4 is 10.6 Å². The van der Waals surface area contributed by atoms with Crippen LogP contribution in [0.5, 0.6) is 0 Å². The number of aryl methyl sites for hydroxylation is 1. The van der Waals surface area contributed by atoms with Crippen molar-refractivity contribution >= 4 is 56.3 Å². The van der Waals surface area contributed by atoms with Crippen LogP contribution in [0.1, 0.15) is 11.1 Å². The van der Waals surface area contributed by atoms with Crippen molar-refractivity contribution in [1.29, 1.82) is 0 Å². The third kappa shape index (κ3) is 5.17. The van der Waals surface area contributed by atoms with E-state index in [2.05, 4.69) is 49.2 Å². The van der Waals surface area contributed by atoms with E-state index in [1.54, 1.807) is 6.20 Å². The number of rotatable bonds is 3. The second-order valence-electron chi connectivity index (χ2n) is 4.45. The van der Waals surface area contributed by atoms with Crippen molar-refractivity contribution in [3.05, 3.63) is 67.8 Å². The molecule has 0 aliphatic rings. The van der Waals surface area contributed by atoms with E-state index in [1.807, 2.05) is 55.5 Å². The average Bonchev–Trinajstić information content (AvgIpc) is 2.42. The number of benzene rings is 2. The Hall–Kier alpha value is -1.34. The summed E-state index contributed by atoms with van der Waals surface area (Å²) in [5.74, 6) is 0. The molecule has 0 atom stereocenters. The molecule has 0 heterocycles. The van der Waals surface area contributed by atoms with Crippen molar-refractivity contribution in [3.8, 4) is 0 Å². The van der Waals surface area contributed by atoms with Gasteiger partial charge in [-0.2, -0.15) is 0 Å². The van der Waals surface area contributed by atoms with Crippen molar-refractivity contribution in [2.45, 2.75) is 6.92 Å². The minimum absolute atomic E-state index is 0.259. The number of carbonyl (C=O) groups is 1. The molecule has 0 unspecified atom stereocenters. The number of carbonyl (C=O) groups excluding carboxylic acids is 1. The lowest BCUT2D eigenvalue weighted by molar-refractivity contribution is 0.255. The predicted octanol–water partition coefficient (Wildman–Crippen LogP) is 5.15. The van der Waals surface area contributed by atoms with Gasteiger partial charge >= 0.3 is 6.03 Å². The Morgan fingerprint density at radius 3 is 2.76 bits per heavy atom. The molecule has 0 fully saturated rings. The molecule has 2 aromatic rings. The van der Waals surface area contributed by atoms with Gasteiger partial charge in [-0.05, 0) is 77.0 Å². The molecule has 0 spiro atoms. The molecule has 0 saturated carbocycles. The third-order valence-corrected chi connectivity index (χ3v) is 3.94. The molecule has 2 N–H and O–H groups in total. The fourth-order valence-corrected chi connectivity index (χ4v) is 2.81. The highest BCUT2D eigenvalue weighted by molar-refractivity contribution is 14.1. The lowest BCUT2D eigenvalue weighted by atomic mass is 10.2. The molecular weight excluding hydrogens is 443 g/mol. The molecule has 0 aromatic heterocycles. The number of hydrogen-bond donors (Lipinski definition) is 2. The quantitative estimate of drug-likeness (QED) is 0.615. The zero-order valence-corrected chi connectivity index (χ0v) is 15.1. The van der Waals surface area contributed by atoms with Crippen LogP contribution in [-0.4, -0.2) is 6.03 Å². The summed E-state index contributed by atoms with van der Waals surface area (Å²) in [4.78, 5) is 11.8. The summed E-state index contributed by atoms with van der Waals surface area (Å²) in [5, 5.41) is 5.51. The van der Waals surface area contributed by atoms with E-state index >= 15 is 0 Å². The van der Waals surface area contributed by atoms with Gasteiger partial charge in [-0.3, -0.25) is 0 Å². The van der Waals surface area contributed by atoms with Crippen molar-refractivity contribution < 1.29 is 4.79 Å². The Bertz CT molecular complexity index is 686. The lowest BCUT2D eigenvalue weighted by Crippen LogP contribution is -2.24. The zero-order chi connectivity index (χ0) is 15.2. The SMILES string of the molecule is Cc1cc(I)ccc1NC(=O)N/C=C/c1cccc(Br)c1. The first-order chi connectivity index (χ1) is 10.0. The Balaban J connectivity index is 1.93. The summed E-state index contributed by atoms with van der Waals surface area (Å²) in [6.45, 7) is 1.97. The summed E-state index contributed by atoms with van der Waals surface area (Å²) in [7, 11) is 0. The number of amides is 2. The molecule has 0 saturated heterocycles. The number of urea groups is 1. The summed E-state index contributed by atoms with van der Waals surface area (Å²) in [5.41, 5.74) is 2.85. The van der Waals surface area contributed by atoms with Gasteiger partial charge < -0.3 is 10.6 Å². The van der Waals surface area contributed by atoms with Crippen LogP contribution in [0, 0.1) is 10.5 Å². The molecule has 2 amide bonds. The fraction of sp³-hybridized carbons (Fsp3) is 0.0625. The van der Waals surface area contributed by atoms with Crippen molar-refractivity contribution in [2.24, 2.45) is 0 Å². The normalized spacial score (nSPS) is 10.6. The Labute approximate surface area is 146 Å². The minimum Gasteiger partial charge on any atom is -0.314 e. The Kier molecular flexibility index (Phi) is 5.81. The van der Waals surface area contributed by atoms with E-state index in [-0.39, 0.29) is 6.03 Å². The van der Waals surface area contributed by atoms with Crippen LogP contribution in [0.2, 0.25) is 0 Å². The Morgan fingerprint density at radius 1 is 1.24 bits per heavy atom. The van der Waals surface area contributed by atoms with Gasteiger partial charge in [0.05, 0.1) is 0 Å². The molecule has 108 valence electrons. The maximum atomic E-state index is 11.8. The van der Waals surface area contributed by atoms with Gasteiger partial charge in [0.2, 0.25) is 0 Å². The van der Waals surface area contributed by atoms with E-state index in [0.29, 0.717) is 0 Å². The summed E-state index contributed by atoms with van der Waals surface area (Å²) >= 11 is 5.65. The number of anilines is 1. The van der Waals surface area contributed by atoms with Crippen molar-refractivity contribution in [1.82, 2.24) is 5.32 Å². The van der Waals surface area contributed by atoms with E-state index < -0.39 is 0 Å². The summed E-state index contributed by atoms with van der Waals surface area (Å²) in [6.07, 6.45) is 3.46. The molecule has 5 heteroatoms. The van der Waals surface area contributed by atoms with Gasteiger partial charge in [0.1, 0.15) is 0 Å². The smallest absolute Gasteiger partial charge is 0.314 e. The maximum absolute atomic E-state index is 11.8. The van der Waals surface area contributed by atoms with Crippen LogP contribution in [0.25, 0.3) is 6.08 Å². The zero-order valence-electron chi connectivity index (χ0n) is 11.4. The largest absolute Gasteiger partial charge is 0.323 e. The van der Waals surface area contributed by atoms with Gasteiger partial charge in [-0.25, -0.2) is 4.79 Å². The highest BCUT2D eigenvalue weighted by atomic mass is 127.